The molecule has 1 atom stereocenters. The van der Waals surface area contributed by atoms with Gasteiger partial charge in [0.25, 0.3) is 0 Å². The van der Waals surface area contributed by atoms with Gasteiger partial charge in [-0.2, -0.15) is 5.10 Å². The summed E-state index contributed by atoms with van der Waals surface area (Å²) in [4.78, 5) is 17.0. The number of hydrogen-bond acceptors (Lipinski definition) is 5. The molecule has 0 radical (unpaired) electrons. The molecule has 0 spiro atoms. The lowest BCUT2D eigenvalue weighted by Gasteiger charge is -2.17. The summed E-state index contributed by atoms with van der Waals surface area (Å²) in [6.45, 7) is 5.31. The Labute approximate surface area is 167 Å². The standard InChI is InChI=1S/C15H22N6O2S.HI/c1-11(8-14-5-4-12(2)24-14)19-15(16-3)17-6-7-20-10-13(9-18-20)21(22)23;/h4-5,9-11H,6-8H2,1-3H3,(H2,16,17,19);1H. The van der Waals surface area contributed by atoms with Gasteiger partial charge in [-0.1, -0.05) is 0 Å². The average Bonchev–Trinajstić information content (AvgIpc) is 3.15. The normalized spacial score (nSPS) is 12.4. The zero-order valence-electron chi connectivity index (χ0n) is 14.4. The molecule has 0 amide bonds. The number of hydrogen-bond donors (Lipinski definition) is 2. The molecule has 0 aliphatic rings. The van der Waals surface area contributed by atoms with Gasteiger partial charge in [-0.05, 0) is 26.0 Å². The lowest BCUT2D eigenvalue weighted by atomic mass is 10.2. The van der Waals surface area contributed by atoms with Crippen molar-refractivity contribution in [2.24, 2.45) is 4.99 Å². The maximum Gasteiger partial charge on any atom is 0.306 e. The maximum absolute atomic E-state index is 10.6. The molecule has 0 saturated heterocycles. The Balaban J connectivity index is 0.00000312. The second-order valence-electron chi connectivity index (χ2n) is 5.48. The number of guanidine groups is 1. The molecule has 2 heterocycles. The summed E-state index contributed by atoms with van der Waals surface area (Å²) in [5, 5.41) is 21.1. The van der Waals surface area contributed by atoms with Crippen LogP contribution < -0.4 is 10.6 Å². The summed E-state index contributed by atoms with van der Waals surface area (Å²) in [5.74, 6) is 0.706. The third-order valence-corrected chi connectivity index (χ3v) is 4.40. The Hall–Kier alpha value is -1.69. The van der Waals surface area contributed by atoms with Crippen molar-refractivity contribution in [3.05, 3.63) is 44.4 Å². The first-order valence-electron chi connectivity index (χ1n) is 7.67. The first-order chi connectivity index (χ1) is 11.5. The topological polar surface area (TPSA) is 97.4 Å². The molecule has 2 aromatic rings. The van der Waals surface area contributed by atoms with Crippen LogP contribution in [0.1, 0.15) is 16.7 Å². The summed E-state index contributed by atoms with van der Waals surface area (Å²) in [7, 11) is 1.72. The van der Waals surface area contributed by atoms with Crippen LogP contribution in [0, 0.1) is 17.0 Å². The molecule has 0 aromatic carbocycles. The van der Waals surface area contributed by atoms with Gasteiger partial charge >= 0.3 is 5.69 Å². The summed E-state index contributed by atoms with van der Waals surface area (Å²) < 4.78 is 1.54. The van der Waals surface area contributed by atoms with E-state index in [1.54, 1.807) is 18.4 Å². The van der Waals surface area contributed by atoms with Gasteiger partial charge in [-0.15, -0.1) is 35.3 Å². The lowest BCUT2D eigenvalue weighted by molar-refractivity contribution is -0.385. The first-order valence-corrected chi connectivity index (χ1v) is 8.49. The SMILES string of the molecule is CN=C(NCCn1cc([N+](=O)[O-])cn1)NC(C)Cc1ccc(C)s1.I. The Morgan fingerprint density at radius 3 is 2.84 bits per heavy atom. The number of thiophene rings is 1. The molecular formula is C15H23IN6O2S. The highest BCUT2D eigenvalue weighted by atomic mass is 127. The van der Waals surface area contributed by atoms with Crippen LogP contribution in [0.4, 0.5) is 5.69 Å². The third-order valence-electron chi connectivity index (χ3n) is 3.37. The minimum Gasteiger partial charge on any atom is -0.355 e. The second kappa shape index (κ2) is 10.3. The van der Waals surface area contributed by atoms with Gasteiger partial charge in [0, 0.05) is 35.8 Å². The lowest BCUT2D eigenvalue weighted by Crippen LogP contribution is -2.43. The Morgan fingerprint density at radius 2 is 2.28 bits per heavy atom. The van der Waals surface area contributed by atoms with Crippen LogP contribution in [0.25, 0.3) is 0 Å². The van der Waals surface area contributed by atoms with E-state index in [2.05, 4.69) is 46.7 Å². The van der Waals surface area contributed by atoms with Crippen molar-refractivity contribution in [2.75, 3.05) is 13.6 Å². The van der Waals surface area contributed by atoms with Crippen LogP contribution in [0.2, 0.25) is 0 Å². The van der Waals surface area contributed by atoms with E-state index in [0.717, 1.165) is 6.42 Å². The van der Waals surface area contributed by atoms with Gasteiger partial charge in [0.05, 0.1) is 11.5 Å². The molecule has 1 unspecified atom stereocenters. The fraction of sp³-hybridized carbons (Fsp3) is 0.467. The summed E-state index contributed by atoms with van der Waals surface area (Å²) in [5.41, 5.74) is -0.00243. The van der Waals surface area contributed by atoms with Gasteiger partial charge < -0.3 is 10.6 Å². The molecule has 2 rings (SSSR count). The molecule has 10 heteroatoms. The summed E-state index contributed by atoms with van der Waals surface area (Å²) in [6, 6.07) is 4.53. The van der Waals surface area contributed by atoms with Crippen LogP contribution in [-0.2, 0) is 13.0 Å². The molecule has 2 N–H and O–H groups in total. The van der Waals surface area contributed by atoms with Gasteiger partial charge in [-0.25, -0.2) is 0 Å². The number of nitrogens with zero attached hydrogens (tertiary/aromatic N) is 4. The van der Waals surface area contributed by atoms with Crippen LogP contribution in [0.3, 0.4) is 0 Å². The van der Waals surface area contributed by atoms with Gasteiger partial charge in [0.1, 0.15) is 12.4 Å². The highest BCUT2D eigenvalue weighted by molar-refractivity contribution is 14.0. The van der Waals surface area contributed by atoms with Crippen LogP contribution in [-0.4, -0.2) is 40.3 Å². The number of aliphatic imine (C=N–C) groups is 1. The fourth-order valence-corrected chi connectivity index (χ4v) is 3.25. The van der Waals surface area contributed by atoms with E-state index in [4.69, 9.17) is 0 Å². The number of aromatic nitrogens is 2. The van der Waals surface area contributed by atoms with E-state index in [-0.39, 0.29) is 35.7 Å². The van der Waals surface area contributed by atoms with Crippen LogP contribution in [0.5, 0.6) is 0 Å². The quantitative estimate of drug-likeness (QED) is 0.210. The molecule has 8 nitrogen and oxygen atoms in total. The van der Waals surface area contributed by atoms with Gasteiger partial charge in [0.15, 0.2) is 5.96 Å². The number of rotatable bonds is 7. The van der Waals surface area contributed by atoms with E-state index in [1.807, 2.05) is 0 Å². The maximum atomic E-state index is 10.6. The predicted molar refractivity (Wildman–Crippen MR) is 111 cm³/mol. The highest BCUT2D eigenvalue weighted by Crippen LogP contribution is 2.16. The largest absolute Gasteiger partial charge is 0.355 e. The molecule has 0 saturated carbocycles. The monoisotopic (exact) mass is 478 g/mol. The molecule has 0 aliphatic carbocycles. The first kappa shape index (κ1) is 21.4. The molecule has 0 aliphatic heterocycles. The second-order valence-corrected chi connectivity index (χ2v) is 6.85. The molecule has 2 aromatic heterocycles. The van der Waals surface area contributed by atoms with Gasteiger partial charge in [-0.3, -0.25) is 19.8 Å². The number of aryl methyl sites for hydroxylation is 1. The number of nitrogens with one attached hydrogen (secondary N) is 2. The van der Waals surface area contributed by atoms with E-state index >= 15 is 0 Å². The minimum atomic E-state index is -0.453. The molecule has 25 heavy (non-hydrogen) atoms. The van der Waals surface area contributed by atoms with Crippen molar-refractivity contribution in [1.29, 1.82) is 0 Å². The minimum absolute atomic E-state index is 0. The van der Waals surface area contributed by atoms with E-state index < -0.39 is 4.92 Å². The van der Waals surface area contributed by atoms with Crippen molar-refractivity contribution < 1.29 is 4.92 Å². The van der Waals surface area contributed by atoms with Crippen LogP contribution >= 0.6 is 35.3 Å². The van der Waals surface area contributed by atoms with E-state index in [9.17, 15) is 10.1 Å². The molecule has 0 fully saturated rings. The smallest absolute Gasteiger partial charge is 0.306 e. The zero-order chi connectivity index (χ0) is 17.5. The molecule has 138 valence electrons. The van der Waals surface area contributed by atoms with Crippen molar-refractivity contribution in [3.63, 3.8) is 0 Å². The summed E-state index contributed by atoms with van der Waals surface area (Å²) in [6.07, 6.45) is 3.60. The number of nitro groups is 1. The van der Waals surface area contributed by atoms with E-state index in [0.29, 0.717) is 19.0 Å². The molecular weight excluding hydrogens is 455 g/mol. The third kappa shape index (κ3) is 6.98. The van der Waals surface area contributed by atoms with Crippen molar-refractivity contribution in [1.82, 2.24) is 20.4 Å². The predicted octanol–water partition coefficient (Wildman–Crippen LogP) is 2.58. The fourth-order valence-electron chi connectivity index (χ4n) is 2.23. The molecule has 0 bridgehead atoms. The zero-order valence-corrected chi connectivity index (χ0v) is 17.6. The Kier molecular flexibility index (Phi) is 8.83. The van der Waals surface area contributed by atoms with Crippen molar-refractivity contribution in [2.45, 2.75) is 32.9 Å². The van der Waals surface area contributed by atoms with Crippen molar-refractivity contribution in [3.8, 4) is 0 Å². The van der Waals surface area contributed by atoms with E-state index in [1.165, 1.54) is 26.8 Å². The van der Waals surface area contributed by atoms with Crippen LogP contribution in [0.15, 0.2) is 29.5 Å². The van der Waals surface area contributed by atoms with Crippen molar-refractivity contribution >= 4 is 47.0 Å². The Bertz CT molecular complexity index is 714. The average molecular weight is 478 g/mol. The Morgan fingerprint density at radius 1 is 1.52 bits per heavy atom. The van der Waals surface area contributed by atoms with Gasteiger partial charge in [0.2, 0.25) is 0 Å². The highest BCUT2D eigenvalue weighted by Gasteiger charge is 2.10. The number of halogens is 1. The summed E-state index contributed by atoms with van der Waals surface area (Å²) >= 11 is 1.80.